The van der Waals surface area contributed by atoms with Crippen LogP contribution < -0.4 is 0 Å². The second-order valence-corrected chi connectivity index (χ2v) is 15.6. The molecule has 1 heterocycles. The van der Waals surface area contributed by atoms with Crippen molar-refractivity contribution in [2.24, 2.45) is 44.8 Å². The largest absolute Gasteiger partial charge is 0.336 e. The molecule has 0 bridgehead atoms. The zero-order chi connectivity index (χ0) is 29.1. The highest BCUT2D eigenvalue weighted by Gasteiger charge is 2.70. The number of aromatic nitrogens is 2. The van der Waals surface area contributed by atoms with Crippen LogP contribution in [0.1, 0.15) is 105 Å². The first-order valence-corrected chi connectivity index (χ1v) is 14.9. The summed E-state index contributed by atoms with van der Waals surface area (Å²) in [4.78, 5) is 32.3. The number of fused-ring (bicyclic) bond motifs is 7. The minimum atomic E-state index is -0.791. The highest BCUT2D eigenvalue weighted by Crippen LogP contribution is 2.74. The maximum absolute atomic E-state index is 14.6. The number of hydrogen-bond acceptors (Lipinski definition) is 6. The third-order valence-electron chi connectivity index (χ3n) is 12.9. The van der Waals surface area contributed by atoms with E-state index in [2.05, 4.69) is 50.8 Å². The van der Waals surface area contributed by atoms with Gasteiger partial charge in [0.1, 0.15) is 6.07 Å². The molecule has 0 amide bonds. The first kappa shape index (κ1) is 27.5. The van der Waals surface area contributed by atoms with Gasteiger partial charge in [0.2, 0.25) is 0 Å². The third-order valence-corrected chi connectivity index (χ3v) is 12.9. The summed E-state index contributed by atoms with van der Waals surface area (Å²) in [7, 11) is 0. The molecular formula is C33H42FN3O3. The van der Waals surface area contributed by atoms with E-state index >= 15 is 0 Å². The van der Waals surface area contributed by atoms with E-state index in [1.807, 2.05) is 26.0 Å². The number of ketones is 2. The van der Waals surface area contributed by atoms with Crippen molar-refractivity contribution in [3.05, 3.63) is 35.0 Å². The van der Waals surface area contributed by atoms with Crippen molar-refractivity contribution >= 4 is 11.6 Å². The van der Waals surface area contributed by atoms with Crippen molar-refractivity contribution in [3.63, 3.8) is 0 Å². The second-order valence-electron chi connectivity index (χ2n) is 15.6. The fourth-order valence-electron chi connectivity index (χ4n) is 10.5. The van der Waals surface area contributed by atoms with Crippen LogP contribution in [0.15, 0.2) is 27.8 Å². The first-order chi connectivity index (χ1) is 18.6. The number of alkyl halides is 1. The maximum atomic E-state index is 14.6. The van der Waals surface area contributed by atoms with Crippen molar-refractivity contribution in [2.45, 2.75) is 106 Å². The van der Waals surface area contributed by atoms with Crippen molar-refractivity contribution < 1.29 is 18.5 Å². The monoisotopic (exact) mass is 547 g/mol. The molecule has 5 aliphatic rings. The van der Waals surface area contributed by atoms with Crippen LogP contribution in [-0.4, -0.2) is 21.7 Å². The summed E-state index contributed by atoms with van der Waals surface area (Å²) in [5.74, 6) is 0.437. The Labute approximate surface area is 236 Å². The summed E-state index contributed by atoms with van der Waals surface area (Å²) in [6, 6.07) is 2.18. The van der Waals surface area contributed by atoms with Crippen LogP contribution in [-0.2, 0) is 21.7 Å². The number of halogens is 1. The van der Waals surface area contributed by atoms with Crippen molar-refractivity contribution in [1.29, 1.82) is 5.26 Å². The molecule has 0 aromatic carbocycles. The Morgan fingerprint density at radius 2 is 1.75 bits per heavy atom. The van der Waals surface area contributed by atoms with Gasteiger partial charge in [0.25, 0.3) is 5.89 Å². The molecule has 1 aromatic heterocycles. The van der Waals surface area contributed by atoms with Gasteiger partial charge in [-0.25, -0.2) is 4.39 Å². The molecule has 3 fully saturated rings. The molecule has 6 nitrogen and oxygen atoms in total. The lowest BCUT2D eigenvalue weighted by molar-refractivity contribution is -0.160. The molecule has 3 saturated carbocycles. The third kappa shape index (κ3) is 3.25. The van der Waals surface area contributed by atoms with Gasteiger partial charge in [-0.2, -0.15) is 10.2 Å². The zero-order valence-corrected chi connectivity index (χ0v) is 25.0. The van der Waals surface area contributed by atoms with Gasteiger partial charge >= 0.3 is 0 Å². The van der Waals surface area contributed by atoms with Crippen LogP contribution in [0, 0.1) is 56.2 Å². The number of rotatable bonds is 2. The van der Waals surface area contributed by atoms with E-state index in [0.29, 0.717) is 5.82 Å². The van der Waals surface area contributed by atoms with E-state index in [1.54, 1.807) is 0 Å². The number of allylic oxidation sites excluding steroid dienone is 4. The summed E-state index contributed by atoms with van der Waals surface area (Å²) in [6.07, 6.45) is 9.92. The topological polar surface area (TPSA) is 96.8 Å². The van der Waals surface area contributed by atoms with E-state index in [0.717, 1.165) is 50.5 Å². The summed E-state index contributed by atoms with van der Waals surface area (Å²) < 4.78 is 18.8. The highest BCUT2D eigenvalue weighted by atomic mass is 19.1. The van der Waals surface area contributed by atoms with Crippen LogP contribution in [0.5, 0.6) is 0 Å². The number of hydrogen-bond donors (Lipinski definition) is 0. The summed E-state index contributed by atoms with van der Waals surface area (Å²) in [5, 5.41) is 14.2. The molecule has 40 heavy (non-hydrogen) atoms. The van der Waals surface area contributed by atoms with E-state index in [-0.39, 0.29) is 57.0 Å². The number of carbonyl (C=O) groups excluding carboxylic acids is 2. The average Bonchev–Trinajstić information content (AvgIpc) is 3.37. The van der Waals surface area contributed by atoms with Crippen molar-refractivity contribution in [3.8, 4) is 6.07 Å². The lowest BCUT2D eigenvalue weighted by Crippen LogP contribution is -2.65. The predicted octanol–water partition coefficient (Wildman–Crippen LogP) is 7.01. The van der Waals surface area contributed by atoms with E-state index in [1.165, 1.54) is 0 Å². The molecular weight excluding hydrogens is 505 g/mol. The Kier molecular flexibility index (Phi) is 5.67. The van der Waals surface area contributed by atoms with E-state index < -0.39 is 22.9 Å². The van der Waals surface area contributed by atoms with Gasteiger partial charge in [0.15, 0.2) is 24.1 Å². The molecule has 0 saturated heterocycles. The molecule has 0 spiro atoms. The van der Waals surface area contributed by atoms with Gasteiger partial charge in [0.05, 0.1) is 5.57 Å². The SMILES string of the molecule is CC1(C)CC[C@]2(c3noc(CF)n3)CC[C@]3(C)[C@H](C(=O)C=C4[C@@]5(C)C=C(C#N)C(=O)C(C)(C)[C@@H]5CC[C@]43C)[C@@H]2C1. The van der Waals surface area contributed by atoms with Gasteiger partial charge in [-0.3, -0.25) is 9.59 Å². The average molecular weight is 548 g/mol. The molecule has 7 atom stereocenters. The van der Waals surface area contributed by atoms with Gasteiger partial charge in [-0.1, -0.05) is 65.3 Å². The molecule has 1 aromatic rings. The maximum Gasteiger partial charge on any atom is 0.258 e. The number of carbonyl (C=O) groups is 2. The number of nitriles is 1. The standard InChI is InChI=1S/C33H42FN3O3/c1-28(2)10-12-33(27-36-24(17-34)40-37-27)13-11-32(7)25(20(33)16-28)21(38)14-23-30(5)15-19(18-35)26(39)29(3,4)22(30)8-9-31(23,32)6/h14-15,20,22,25H,8-13,16-17H2,1-7H3/t20-,22-,25-,30-,31+,32+,33-/m0/s1. The zero-order valence-electron chi connectivity index (χ0n) is 25.0. The molecule has 6 rings (SSSR count). The van der Waals surface area contributed by atoms with E-state index in [9.17, 15) is 19.2 Å². The summed E-state index contributed by atoms with van der Waals surface area (Å²) in [5.41, 5.74) is -0.875. The Morgan fingerprint density at radius 1 is 1.05 bits per heavy atom. The van der Waals surface area contributed by atoms with Crippen LogP contribution in [0.25, 0.3) is 0 Å². The fraction of sp³-hybridized carbons (Fsp3) is 0.727. The van der Waals surface area contributed by atoms with Crippen LogP contribution >= 0.6 is 0 Å². The van der Waals surface area contributed by atoms with Gasteiger partial charge in [-0.05, 0) is 79.1 Å². The van der Waals surface area contributed by atoms with Crippen LogP contribution in [0.3, 0.4) is 0 Å². The number of Topliss-reactive ketones (excluding diaryl/α,β-unsaturated/α-hetero) is 1. The van der Waals surface area contributed by atoms with Crippen LogP contribution in [0.2, 0.25) is 0 Å². The van der Waals surface area contributed by atoms with Crippen molar-refractivity contribution in [1.82, 2.24) is 10.1 Å². The molecule has 214 valence electrons. The van der Waals surface area contributed by atoms with Crippen LogP contribution in [0.4, 0.5) is 4.39 Å². The summed E-state index contributed by atoms with van der Waals surface area (Å²) in [6.45, 7) is 14.5. The molecule has 0 unspecified atom stereocenters. The fourth-order valence-corrected chi connectivity index (χ4v) is 10.5. The lowest BCUT2D eigenvalue weighted by atomic mass is 9.34. The van der Waals surface area contributed by atoms with Gasteiger partial charge in [-0.15, -0.1) is 0 Å². The van der Waals surface area contributed by atoms with Gasteiger partial charge < -0.3 is 4.52 Å². The predicted molar refractivity (Wildman–Crippen MR) is 147 cm³/mol. The Balaban J connectivity index is 1.53. The smallest absolute Gasteiger partial charge is 0.258 e. The molecule has 0 N–H and O–H groups in total. The Bertz CT molecular complexity index is 1410. The quantitative estimate of drug-likeness (QED) is 0.395. The summed E-state index contributed by atoms with van der Waals surface area (Å²) >= 11 is 0. The molecule has 5 aliphatic carbocycles. The minimum Gasteiger partial charge on any atom is -0.336 e. The lowest BCUT2D eigenvalue weighted by Gasteiger charge is -2.69. The minimum absolute atomic E-state index is 0.00574. The van der Waals surface area contributed by atoms with E-state index in [4.69, 9.17) is 4.52 Å². The molecule has 0 radical (unpaired) electrons. The Hall–Kier alpha value is -2.62. The highest BCUT2D eigenvalue weighted by molar-refractivity contribution is 6.04. The molecule has 7 heteroatoms. The second kappa shape index (κ2) is 8.23. The number of nitrogens with zero attached hydrogens (tertiary/aromatic N) is 3. The van der Waals surface area contributed by atoms with Gasteiger partial charge in [0, 0.05) is 22.2 Å². The Morgan fingerprint density at radius 3 is 2.40 bits per heavy atom. The molecule has 0 aliphatic heterocycles. The normalized spacial score (nSPS) is 43.3. The first-order valence-electron chi connectivity index (χ1n) is 14.9. The van der Waals surface area contributed by atoms with Crippen molar-refractivity contribution in [2.75, 3.05) is 0 Å².